The fourth-order valence-corrected chi connectivity index (χ4v) is 7.09. The number of nitrogens with zero attached hydrogens (tertiary/aromatic N) is 5. The highest BCUT2D eigenvalue weighted by molar-refractivity contribution is 6.03. The highest BCUT2D eigenvalue weighted by Gasteiger charge is 2.14. The predicted octanol–water partition coefficient (Wildman–Crippen LogP) is 12.9. The molecule has 5 nitrogen and oxygen atoms in total. The van der Waals surface area contributed by atoms with Crippen molar-refractivity contribution in [2.45, 2.75) is 13.8 Å². The largest absolute Gasteiger partial charge is 0.254 e. The van der Waals surface area contributed by atoms with Crippen molar-refractivity contribution >= 4 is 27.4 Å². The van der Waals surface area contributed by atoms with Crippen LogP contribution in [-0.2, 0) is 0 Å². The molecule has 0 aliphatic carbocycles. The lowest BCUT2D eigenvalue weighted by atomic mass is 10.0. The highest BCUT2D eigenvalue weighted by Crippen LogP contribution is 2.31. The Morgan fingerprint density at radius 1 is 0.393 bits per heavy atom. The van der Waals surface area contributed by atoms with E-state index in [2.05, 4.69) is 182 Å². The topological polar surface area (TPSA) is 64.5 Å². The number of pyridine rings is 2. The van der Waals surface area contributed by atoms with E-state index in [1.165, 1.54) is 11.1 Å². The lowest BCUT2D eigenvalue weighted by Gasteiger charge is -2.11. The molecule has 9 rings (SSSR count). The summed E-state index contributed by atoms with van der Waals surface area (Å²) in [6.07, 6.45) is 8.12. The first-order valence-electron chi connectivity index (χ1n) is 18.8. The Bertz CT molecular complexity index is 2880. The molecule has 0 N–H and O–H groups in total. The smallest absolute Gasteiger partial charge is 0.164 e. The lowest BCUT2D eigenvalue weighted by molar-refractivity contribution is 1.07. The molecule has 266 valence electrons. The van der Waals surface area contributed by atoms with Gasteiger partial charge in [0.15, 0.2) is 17.5 Å². The summed E-state index contributed by atoms with van der Waals surface area (Å²) >= 11 is 0. The van der Waals surface area contributed by atoms with Gasteiger partial charge in [0.1, 0.15) is 0 Å². The maximum absolute atomic E-state index is 5.03. The first kappa shape index (κ1) is 34.4. The first-order chi connectivity index (χ1) is 27.6. The van der Waals surface area contributed by atoms with E-state index in [0.29, 0.717) is 17.5 Å². The van der Waals surface area contributed by atoms with Gasteiger partial charge in [-0.1, -0.05) is 170 Å². The van der Waals surface area contributed by atoms with Crippen molar-refractivity contribution in [1.82, 2.24) is 24.9 Å². The van der Waals surface area contributed by atoms with Gasteiger partial charge < -0.3 is 0 Å². The number of fused-ring (bicyclic) bond motifs is 3. The Hall–Kier alpha value is -7.37. The molecule has 6 aromatic carbocycles. The van der Waals surface area contributed by atoms with E-state index >= 15 is 0 Å². The molecular weight excluding hydrogens is 683 g/mol. The van der Waals surface area contributed by atoms with Gasteiger partial charge in [0.25, 0.3) is 0 Å². The summed E-state index contributed by atoms with van der Waals surface area (Å²) in [6, 6.07) is 56.6. The van der Waals surface area contributed by atoms with Crippen LogP contribution in [0.1, 0.15) is 19.4 Å². The molecule has 5 heteroatoms. The molecule has 0 fully saturated rings. The second-order valence-corrected chi connectivity index (χ2v) is 13.6. The third kappa shape index (κ3) is 6.90. The fourth-order valence-electron chi connectivity index (χ4n) is 7.09. The second kappa shape index (κ2) is 15.2. The van der Waals surface area contributed by atoms with Crippen molar-refractivity contribution in [2.75, 3.05) is 0 Å². The molecule has 0 saturated heterocycles. The summed E-state index contributed by atoms with van der Waals surface area (Å²) in [4.78, 5) is 24.7. The average molecular weight is 720 g/mol. The third-order valence-electron chi connectivity index (χ3n) is 10.1. The van der Waals surface area contributed by atoms with Gasteiger partial charge in [-0.3, -0.25) is 4.98 Å². The molecule has 0 atom stereocenters. The molecule has 0 aliphatic rings. The molecule has 0 aliphatic heterocycles. The molecule has 0 amide bonds. The Morgan fingerprint density at radius 2 is 0.857 bits per heavy atom. The van der Waals surface area contributed by atoms with Crippen molar-refractivity contribution in [3.05, 3.63) is 194 Å². The predicted molar refractivity (Wildman–Crippen MR) is 232 cm³/mol. The number of allylic oxidation sites excluding steroid dienone is 4. The normalized spacial score (nSPS) is 11.8. The van der Waals surface area contributed by atoms with Gasteiger partial charge in [-0.25, -0.2) is 19.9 Å². The van der Waals surface area contributed by atoms with Crippen LogP contribution >= 0.6 is 0 Å². The summed E-state index contributed by atoms with van der Waals surface area (Å²) in [5, 5.41) is 2.17. The summed E-state index contributed by atoms with van der Waals surface area (Å²) in [5.74, 6) is 1.88. The van der Waals surface area contributed by atoms with Gasteiger partial charge >= 0.3 is 0 Å². The van der Waals surface area contributed by atoms with Crippen LogP contribution in [0.15, 0.2) is 188 Å². The average Bonchev–Trinajstić information content (AvgIpc) is 3.28. The molecule has 3 heterocycles. The number of rotatable bonds is 8. The maximum atomic E-state index is 5.03. The van der Waals surface area contributed by atoms with Crippen molar-refractivity contribution < 1.29 is 0 Å². The fraction of sp³-hybridized carbons (Fsp3) is 0.0392. The van der Waals surface area contributed by atoms with Gasteiger partial charge in [-0.2, -0.15) is 0 Å². The summed E-state index contributed by atoms with van der Waals surface area (Å²) in [7, 11) is 0. The monoisotopic (exact) mass is 719 g/mol. The van der Waals surface area contributed by atoms with Crippen LogP contribution < -0.4 is 0 Å². The van der Waals surface area contributed by atoms with E-state index in [-0.39, 0.29) is 0 Å². The Labute approximate surface area is 326 Å². The van der Waals surface area contributed by atoms with E-state index in [4.69, 9.17) is 19.9 Å². The standard InChI is InChI=1S/C51H37N5/c1-3-9-34(4-2)36-15-25-43(26-16-36)49-54-50(44-27-17-37(18-28-44)35-10-6-5-7-11-35)56-51(55-49)45-29-19-39(20-30-45)38-13-21-40(22-14-38)46-32-31-42-24-23-41-12-8-33-52-47(41)48(42)53-46/h3-33H,1-2H3/b9-3-,34-4+. The minimum Gasteiger partial charge on any atom is -0.254 e. The van der Waals surface area contributed by atoms with Gasteiger partial charge in [-0.05, 0) is 59.4 Å². The van der Waals surface area contributed by atoms with Gasteiger partial charge in [-0.15, -0.1) is 0 Å². The zero-order chi connectivity index (χ0) is 37.8. The molecule has 0 saturated carbocycles. The van der Waals surface area contributed by atoms with Crippen LogP contribution in [0.4, 0.5) is 0 Å². The summed E-state index contributed by atoms with van der Waals surface area (Å²) in [5.41, 5.74) is 13.4. The highest BCUT2D eigenvalue weighted by atomic mass is 15.0. The lowest BCUT2D eigenvalue weighted by Crippen LogP contribution is -2.00. The number of hydrogen-bond acceptors (Lipinski definition) is 5. The minimum atomic E-state index is 0.621. The maximum Gasteiger partial charge on any atom is 0.164 e. The van der Waals surface area contributed by atoms with E-state index in [1.54, 1.807) is 0 Å². The molecule has 3 aromatic heterocycles. The third-order valence-corrected chi connectivity index (χ3v) is 10.1. The minimum absolute atomic E-state index is 0.621. The zero-order valence-electron chi connectivity index (χ0n) is 31.1. The Morgan fingerprint density at radius 3 is 1.39 bits per heavy atom. The van der Waals surface area contributed by atoms with E-state index in [9.17, 15) is 0 Å². The Kier molecular flexibility index (Phi) is 9.32. The number of benzene rings is 6. The molecule has 0 radical (unpaired) electrons. The van der Waals surface area contributed by atoms with E-state index in [0.717, 1.165) is 72.0 Å². The molecule has 0 bridgehead atoms. The van der Waals surface area contributed by atoms with E-state index in [1.807, 2.05) is 25.3 Å². The van der Waals surface area contributed by atoms with Crippen LogP contribution in [-0.4, -0.2) is 24.9 Å². The molecule has 56 heavy (non-hydrogen) atoms. The van der Waals surface area contributed by atoms with Crippen LogP contribution in [0.2, 0.25) is 0 Å². The van der Waals surface area contributed by atoms with Gasteiger partial charge in [0, 0.05) is 39.2 Å². The molecule has 0 spiro atoms. The van der Waals surface area contributed by atoms with Crippen LogP contribution in [0, 0.1) is 0 Å². The first-order valence-corrected chi connectivity index (χ1v) is 18.8. The summed E-state index contributed by atoms with van der Waals surface area (Å²) in [6.45, 7) is 4.09. The number of hydrogen-bond donors (Lipinski definition) is 0. The Balaban J connectivity index is 1.03. The quantitative estimate of drug-likeness (QED) is 0.116. The van der Waals surface area contributed by atoms with Crippen molar-refractivity contribution in [2.24, 2.45) is 0 Å². The van der Waals surface area contributed by atoms with Crippen LogP contribution in [0.3, 0.4) is 0 Å². The van der Waals surface area contributed by atoms with Gasteiger partial charge in [0.2, 0.25) is 0 Å². The van der Waals surface area contributed by atoms with Crippen molar-refractivity contribution in [3.8, 4) is 67.7 Å². The van der Waals surface area contributed by atoms with Crippen molar-refractivity contribution in [3.63, 3.8) is 0 Å². The van der Waals surface area contributed by atoms with Gasteiger partial charge in [0.05, 0.1) is 16.7 Å². The van der Waals surface area contributed by atoms with E-state index < -0.39 is 0 Å². The second-order valence-electron chi connectivity index (χ2n) is 13.6. The number of aromatic nitrogens is 5. The zero-order valence-corrected chi connectivity index (χ0v) is 31.1. The SMILES string of the molecule is C/C=C\C(=C/C)c1ccc(-c2nc(-c3ccc(-c4ccccc4)cc3)nc(-c3ccc(-c4ccc(-c5ccc6ccc7cccnc7c6n5)cc4)cc3)n2)cc1. The molecule has 9 aromatic rings. The summed E-state index contributed by atoms with van der Waals surface area (Å²) < 4.78 is 0. The molecular formula is C51H37N5. The van der Waals surface area contributed by atoms with Crippen molar-refractivity contribution in [1.29, 1.82) is 0 Å². The van der Waals surface area contributed by atoms with Crippen LogP contribution in [0.25, 0.3) is 95.1 Å². The molecule has 0 unspecified atom stereocenters. The van der Waals surface area contributed by atoms with Crippen LogP contribution in [0.5, 0.6) is 0 Å².